The van der Waals surface area contributed by atoms with Crippen molar-refractivity contribution in [3.8, 4) is 0 Å². The summed E-state index contributed by atoms with van der Waals surface area (Å²) in [6.45, 7) is 5.59. The highest BCUT2D eigenvalue weighted by Crippen LogP contribution is 2.26. The van der Waals surface area contributed by atoms with E-state index in [0.29, 0.717) is 17.4 Å². The molecule has 3 saturated carbocycles. The SMILES string of the molecule is CC(C)(C)OC(=O)NC1CCC(N)CC1.NC1CCC(Nc2c(NC3CCC(N)CC3)c(=O)c2=O)CC1. The lowest BCUT2D eigenvalue weighted by atomic mass is 9.90. The van der Waals surface area contributed by atoms with Gasteiger partial charge in [-0.1, -0.05) is 0 Å². The van der Waals surface area contributed by atoms with E-state index in [-0.39, 0.29) is 47.2 Å². The fourth-order valence-electron chi connectivity index (χ4n) is 5.34. The van der Waals surface area contributed by atoms with Gasteiger partial charge in [0.1, 0.15) is 17.0 Å². The Morgan fingerprint density at radius 3 is 1.30 bits per heavy atom. The van der Waals surface area contributed by atoms with Gasteiger partial charge < -0.3 is 37.9 Å². The average molecular weight is 521 g/mol. The van der Waals surface area contributed by atoms with Crippen LogP contribution in [0.1, 0.15) is 97.8 Å². The molecule has 1 amide bonds. The van der Waals surface area contributed by atoms with Crippen molar-refractivity contribution in [2.75, 3.05) is 10.6 Å². The van der Waals surface area contributed by atoms with Gasteiger partial charge in [-0.3, -0.25) is 9.59 Å². The van der Waals surface area contributed by atoms with Crippen LogP contribution >= 0.6 is 0 Å². The topological polar surface area (TPSA) is 175 Å². The summed E-state index contributed by atoms with van der Waals surface area (Å²) in [6, 6.07) is 1.60. The van der Waals surface area contributed by atoms with Gasteiger partial charge in [0.05, 0.1) is 0 Å². The van der Waals surface area contributed by atoms with Crippen LogP contribution in [-0.4, -0.2) is 47.9 Å². The van der Waals surface area contributed by atoms with Crippen molar-refractivity contribution >= 4 is 17.5 Å². The molecule has 0 spiro atoms. The number of hydrogen-bond donors (Lipinski definition) is 6. The zero-order valence-electron chi connectivity index (χ0n) is 22.8. The smallest absolute Gasteiger partial charge is 0.407 e. The Labute approximate surface area is 220 Å². The number of alkyl carbamates (subject to hydrolysis) is 1. The van der Waals surface area contributed by atoms with Gasteiger partial charge in [-0.15, -0.1) is 0 Å². The standard InChI is InChI=1S/C16H26N4O2.C11H22N2O2/c17-9-1-5-11(6-2-9)19-13-14(16(22)15(13)21)20-12-7-3-10(18)4-8-12;1-11(2,3)15-10(14)13-9-6-4-8(12)5-7-9/h9-12,19-20H,1-8,17-18H2;8-9H,4-7,12H2,1-3H3,(H,13,14). The van der Waals surface area contributed by atoms with E-state index in [4.69, 9.17) is 21.9 Å². The third kappa shape index (κ3) is 9.26. The molecule has 0 saturated heterocycles. The molecule has 3 fully saturated rings. The van der Waals surface area contributed by atoms with Crippen molar-refractivity contribution in [2.24, 2.45) is 17.2 Å². The number of ether oxygens (including phenoxy) is 1. The summed E-state index contributed by atoms with van der Waals surface area (Å²) in [5, 5.41) is 9.42. The Hall–Kier alpha value is -2.17. The largest absolute Gasteiger partial charge is 0.444 e. The molecule has 37 heavy (non-hydrogen) atoms. The third-order valence-electron chi connectivity index (χ3n) is 7.64. The van der Waals surface area contributed by atoms with Gasteiger partial charge in [-0.25, -0.2) is 4.79 Å². The van der Waals surface area contributed by atoms with E-state index in [1.54, 1.807) is 0 Å². The third-order valence-corrected chi connectivity index (χ3v) is 7.64. The van der Waals surface area contributed by atoms with Gasteiger partial charge in [0.25, 0.3) is 10.9 Å². The van der Waals surface area contributed by atoms with Crippen molar-refractivity contribution < 1.29 is 9.53 Å². The number of amides is 1. The molecule has 0 unspecified atom stereocenters. The van der Waals surface area contributed by atoms with Crippen LogP contribution in [0, 0.1) is 0 Å². The van der Waals surface area contributed by atoms with Crippen LogP contribution in [0.4, 0.5) is 16.2 Å². The average Bonchev–Trinajstić information content (AvgIpc) is 2.84. The first kappa shape index (κ1) is 29.4. The van der Waals surface area contributed by atoms with Crippen LogP contribution in [0.3, 0.4) is 0 Å². The Morgan fingerprint density at radius 1 is 0.649 bits per heavy atom. The first-order valence-corrected chi connectivity index (χ1v) is 14.0. The molecule has 0 bridgehead atoms. The molecular formula is C27H48N6O4. The van der Waals surface area contributed by atoms with Gasteiger partial charge >= 0.3 is 6.09 Å². The minimum absolute atomic E-state index is 0.236. The highest BCUT2D eigenvalue weighted by molar-refractivity contribution is 5.74. The summed E-state index contributed by atoms with van der Waals surface area (Å²) in [6.07, 6.45) is 11.3. The Balaban J connectivity index is 0.000000222. The molecule has 0 radical (unpaired) electrons. The first-order valence-electron chi connectivity index (χ1n) is 14.0. The molecule has 10 heteroatoms. The molecule has 0 aromatic heterocycles. The van der Waals surface area contributed by atoms with Gasteiger partial charge in [0.15, 0.2) is 0 Å². The number of nitrogens with one attached hydrogen (secondary N) is 3. The maximum atomic E-state index is 11.8. The molecule has 9 N–H and O–H groups in total. The fraction of sp³-hybridized carbons (Fsp3) is 0.815. The molecule has 0 aliphatic heterocycles. The Bertz CT molecular complexity index is 878. The number of carbonyl (C=O) groups excluding carboxylic acids is 1. The second kappa shape index (κ2) is 13.1. The maximum absolute atomic E-state index is 11.8. The zero-order valence-corrected chi connectivity index (χ0v) is 22.8. The molecule has 10 nitrogen and oxygen atoms in total. The van der Waals surface area contributed by atoms with Gasteiger partial charge in [0, 0.05) is 36.3 Å². The second-order valence-corrected chi connectivity index (χ2v) is 12.2. The highest BCUT2D eigenvalue weighted by atomic mass is 16.6. The number of nitrogens with two attached hydrogens (primary N) is 3. The maximum Gasteiger partial charge on any atom is 0.407 e. The second-order valence-electron chi connectivity index (χ2n) is 12.2. The summed E-state index contributed by atoms with van der Waals surface area (Å²) in [5.41, 5.74) is 17.4. The lowest BCUT2D eigenvalue weighted by Gasteiger charge is -2.31. The van der Waals surface area contributed by atoms with Crippen LogP contribution in [0.15, 0.2) is 9.59 Å². The minimum atomic E-state index is -0.421. The molecule has 4 rings (SSSR count). The summed E-state index contributed by atoms with van der Waals surface area (Å²) in [5.74, 6) is 0. The summed E-state index contributed by atoms with van der Waals surface area (Å²) in [7, 11) is 0. The van der Waals surface area contributed by atoms with Gasteiger partial charge in [-0.2, -0.15) is 0 Å². The Kier molecular flexibility index (Phi) is 10.4. The van der Waals surface area contributed by atoms with E-state index in [1.165, 1.54) is 0 Å². The van der Waals surface area contributed by atoms with E-state index in [9.17, 15) is 14.4 Å². The number of hydrogen-bond acceptors (Lipinski definition) is 9. The molecule has 0 heterocycles. The zero-order chi connectivity index (χ0) is 27.2. The molecule has 1 aromatic carbocycles. The predicted octanol–water partition coefficient (Wildman–Crippen LogP) is 2.43. The Morgan fingerprint density at radius 2 is 0.973 bits per heavy atom. The summed E-state index contributed by atoms with van der Waals surface area (Å²) in [4.78, 5) is 35.1. The predicted molar refractivity (Wildman–Crippen MR) is 149 cm³/mol. The lowest BCUT2D eigenvalue weighted by Crippen LogP contribution is -2.43. The van der Waals surface area contributed by atoms with Crippen LogP contribution in [0.5, 0.6) is 0 Å². The fourth-order valence-corrected chi connectivity index (χ4v) is 5.34. The van der Waals surface area contributed by atoms with Gasteiger partial charge in [0.2, 0.25) is 0 Å². The van der Waals surface area contributed by atoms with Crippen molar-refractivity contribution in [3.05, 3.63) is 20.4 Å². The molecule has 3 aliphatic rings. The van der Waals surface area contributed by atoms with Crippen molar-refractivity contribution in [3.63, 3.8) is 0 Å². The van der Waals surface area contributed by atoms with E-state index in [0.717, 1.165) is 77.0 Å². The van der Waals surface area contributed by atoms with Crippen LogP contribution in [0.2, 0.25) is 0 Å². The van der Waals surface area contributed by atoms with Crippen molar-refractivity contribution in [2.45, 2.75) is 140 Å². The summed E-state index contributed by atoms with van der Waals surface area (Å²) >= 11 is 0. The van der Waals surface area contributed by atoms with Crippen LogP contribution in [0.25, 0.3) is 0 Å². The molecule has 1 aromatic rings. The van der Waals surface area contributed by atoms with E-state index in [1.807, 2.05) is 20.8 Å². The first-order chi connectivity index (χ1) is 17.4. The molecular weight excluding hydrogens is 472 g/mol. The van der Waals surface area contributed by atoms with Crippen molar-refractivity contribution in [1.29, 1.82) is 0 Å². The van der Waals surface area contributed by atoms with Crippen molar-refractivity contribution in [1.82, 2.24) is 5.32 Å². The van der Waals surface area contributed by atoms with E-state index in [2.05, 4.69) is 16.0 Å². The molecule has 0 atom stereocenters. The number of anilines is 2. The summed E-state index contributed by atoms with van der Waals surface area (Å²) < 4.78 is 5.19. The van der Waals surface area contributed by atoms with Gasteiger partial charge in [-0.05, 0) is 97.8 Å². The highest BCUT2D eigenvalue weighted by Gasteiger charge is 2.28. The quantitative estimate of drug-likeness (QED) is 0.318. The number of carbonyl (C=O) groups is 1. The van der Waals surface area contributed by atoms with E-state index < -0.39 is 5.60 Å². The lowest BCUT2D eigenvalue weighted by molar-refractivity contribution is 0.0491. The monoisotopic (exact) mass is 520 g/mol. The minimum Gasteiger partial charge on any atom is -0.444 e. The molecule has 210 valence electrons. The van der Waals surface area contributed by atoms with Crippen LogP contribution in [-0.2, 0) is 4.74 Å². The van der Waals surface area contributed by atoms with E-state index >= 15 is 0 Å². The normalized spacial score (nSPS) is 30.5. The number of rotatable bonds is 5. The molecule has 3 aliphatic carbocycles. The van der Waals surface area contributed by atoms with Crippen LogP contribution < -0.4 is 44.0 Å².